The fraction of sp³-hybridized carbons (Fsp3) is 0.400. The van der Waals surface area contributed by atoms with Gasteiger partial charge < -0.3 is 20.3 Å². The minimum Gasteiger partial charge on any atom is -0.493 e. The van der Waals surface area contributed by atoms with E-state index in [9.17, 15) is 9.90 Å². The van der Waals surface area contributed by atoms with Crippen molar-refractivity contribution in [3.63, 3.8) is 0 Å². The van der Waals surface area contributed by atoms with Gasteiger partial charge in [-0.3, -0.25) is 0 Å². The van der Waals surface area contributed by atoms with Crippen LogP contribution >= 0.6 is 0 Å². The Labute approximate surface area is 132 Å². The molecule has 2 heterocycles. The molecule has 0 saturated carbocycles. The number of benzene rings is 1. The Kier molecular flexibility index (Phi) is 3.81. The number of carboxylic acid groups (broad SMARTS) is 1. The molecule has 1 aromatic heterocycles. The maximum Gasteiger partial charge on any atom is 0.329 e. The summed E-state index contributed by atoms with van der Waals surface area (Å²) in [4.78, 5) is 15.9. The van der Waals surface area contributed by atoms with Gasteiger partial charge in [0.25, 0.3) is 0 Å². The molecule has 0 bridgehead atoms. The van der Waals surface area contributed by atoms with Crippen LogP contribution in [0.2, 0.25) is 0 Å². The number of rotatable bonds is 4. The van der Waals surface area contributed by atoms with Gasteiger partial charge in [-0.2, -0.15) is 4.98 Å². The van der Waals surface area contributed by atoms with Crippen LogP contribution in [0.5, 0.6) is 11.5 Å². The van der Waals surface area contributed by atoms with Crippen LogP contribution in [0.4, 0.5) is 5.95 Å². The van der Waals surface area contributed by atoms with E-state index in [0.717, 1.165) is 5.56 Å². The molecular weight excluding hydrogens is 300 g/mol. The monoisotopic (exact) mass is 318 g/mol. The summed E-state index contributed by atoms with van der Waals surface area (Å²) >= 11 is 0. The number of nitrogen functional groups attached to an aromatic ring is 1. The zero-order valence-electron chi connectivity index (χ0n) is 12.9. The lowest BCUT2D eigenvalue weighted by Gasteiger charge is -2.29. The van der Waals surface area contributed by atoms with E-state index in [4.69, 9.17) is 15.2 Å². The minimum atomic E-state index is -0.962. The van der Waals surface area contributed by atoms with Gasteiger partial charge in [0.2, 0.25) is 5.95 Å². The van der Waals surface area contributed by atoms with E-state index in [0.29, 0.717) is 30.2 Å². The Hall–Kier alpha value is -2.77. The quantitative estimate of drug-likeness (QED) is 0.871. The van der Waals surface area contributed by atoms with Gasteiger partial charge in [0.15, 0.2) is 17.5 Å². The van der Waals surface area contributed by atoms with E-state index in [1.54, 1.807) is 20.3 Å². The fourth-order valence-corrected chi connectivity index (χ4v) is 3.09. The van der Waals surface area contributed by atoms with Crippen molar-refractivity contribution < 1.29 is 19.4 Å². The average molecular weight is 318 g/mol. The van der Waals surface area contributed by atoms with Crippen molar-refractivity contribution in [3.05, 3.63) is 29.6 Å². The van der Waals surface area contributed by atoms with Gasteiger partial charge in [-0.25, -0.2) is 9.48 Å². The molecule has 1 aromatic carbocycles. The number of fused-ring (bicyclic) bond motifs is 1. The van der Waals surface area contributed by atoms with Gasteiger partial charge in [-0.15, -0.1) is 5.10 Å². The highest BCUT2D eigenvalue weighted by Gasteiger charge is 2.38. The van der Waals surface area contributed by atoms with Crippen molar-refractivity contribution in [1.82, 2.24) is 14.8 Å². The standard InChI is InChI=1S/C15H18N4O4/c1-22-10-5-3-8(7-11(10)23-2)9-4-6-12-17-15(16)18-19(12)13(9)14(20)21/h3,5,7,9,13H,4,6H2,1-2H3,(H2,16,18)(H,20,21). The van der Waals surface area contributed by atoms with Gasteiger partial charge in [0, 0.05) is 12.3 Å². The normalized spacial score (nSPS) is 19.9. The van der Waals surface area contributed by atoms with Crippen molar-refractivity contribution in [2.24, 2.45) is 0 Å². The average Bonchev–Trinajstić information content (AvgIpc) is 2.92. The zero-order chi connectivity index (χ0) is 16.6. The Morgan fingerprint density at radius 2 is 2.09 bits per heavy atom. The van der Waals surface area contributed by atoms with Crippen LogP contribution in [0.15, 0.2) is 18.2 Å². The molecule has 0 radical (unpaired) electrons. The molecule has 0 amide bonds. The van der Waals surface area contributed by atoms with E-state index in [1.165, 1.54) is 4.68 Å². The van der Waals surface area contributed by atoms with Crippen LogP contribution in [0.1, 0.15) is 29.8 Å². The number of ether oxygens (including phenoxy) is 2. The molecule has 3 N–H and O–H groups in total. The van der Waals surface area contributed by atoms with Crippen LogP contribution in [-0.2, 0) is 11.2 Å². The summed E-state index contributed by atoms with van der Waals surface area (Å²) in [5.74, 6) is 0.657. The number of aliphatic carboxylic acids is 1. The number of anilines is 1. The largest absolute Gasteiger partial charge is 0.493 e. The van der Waals surface area contributed by atoms with E-state index in [1.807, 2.05) is 12.1 Å². The van der Waals surface area contributed by atoms with E-state index in [2.05, 4.69) is 10.1 Å². The van der Waals surface area contributed by atoms with Crippen LogP contribution in [-0.4, -0.2) is 40.1 Å². The highest BCUT2D eigenvalue weighted by Crippen LogP contribution is 2.40. The first-order valence-corrected chi connectivity index (χ1v) is 7.20. The number of carbonyl (C=O) groups is 1. The Balaban J connectivity index is 2.04. The topological polar surface area (TPSA) is 112 Å². The SMILES string of the molecule is COc1ccc(C2CCc3nc(N)nn3C2C(=O)O)cc1OC. The van der Waals surface area contributed by atoms with Crippen molar-refractivity contribution in [3.8, 4) is 11.5 Å². The maximum atomic E-state index is 11.8. The lowest BCUT2D eigenvalue weighted by Crippen LogP contribution is -2.32. The van der Waals surface area contributed by atoms with Gasteiger partial charge in [0.1, 0.15) is 5.82 Å². The van der Waals surface area contributed by atoms with Crippen molar-refractivity contribution in [1.29, 1.82) is 0 Å². The lowest BCUT2D eigenvalue weighted by atomic mass is 9.84. The van der Waals surface area contributed by atoms with Crippen LogP contribution in [0.25, 0.3) is 0 Å². The number of methoxy groups -OCH3 is 2. The van der Waals surface area contributed by atoms with Gasteiger partial charge >= 0.3 is 5.97 Å². The second-order valence-electron chi connectivity index (χ2n) is 5.37. The fourth-order valence-electron chi connectivity index (χ4n) is 3.09. The molecule has 2 aromatic rings. The Morgan fingerprint density at radius 1 is 1.35 bits per heavy atom. The molecule has 23 heavy (non-hydrogen) atoms. The first-order valence-electron chi connectivity index (χ1n) is 7.20. The summed E-state index contributed by atoms with van der Waals surface area (Å²) in [5, 5.41) is 13.7. The van der Waals surface area contributed by atoms with E-state index in [-0.39, 0.29) is 11.9 Å². The summed E-state index contributed by atoms with van der Waals surface area (Å²) in [7, 11) is 3.11. The number of nitrogens with two attached hydrogens (primary N) is 1. The molecule has 2 atom stereocenters. The molecular formula is C15H18N4O4. The highest BCUT2D eigenvalue weighted by molar-refractivity contribution is 5.73. The molecule has 1 aliphatic heterocycles. The summed E-state index contributed by atoms with van der Waals surface area (Å²) < 4.78 is 12.0. The minimum absolute atomic E-state index is 0.0965. The number of hydrogen-bond acceptors (Lipinski definition) is 6. The second kappa shape index (κ2) is 5.79. The van der Waals surface area contributed by atoms with Crippen molar-refractivity contribution >= 4 is 11.9 Å². The van der Waals surface area contributed by atoms with E-state index >= 15 is 0 Å². The third kappa shape index (κ3) is 2.56. The number of hydrogen-bond donors (Lipinski definition) is 2. The first kappa shape index (κ1) is 15.1. The molecule has 8 nitrogen and oxygen atoms in total. The summed E-state index contributed by atoms with van der Waals surface area (Å²) in [6, 6.07) is 4.60. The molecule has 3 rings (SSSR count). The summed E-state index contributed by atoms with van der Waals surface area (Å²) in [5.41, 5.74) is 6.47. The molecule has 1 aliphatic rings. The smallest absolute Gasteiger partial charge is 0.329 e. The van der Waals surface area contributed by atoms with Gasteiger partial charge in [-0.1, -0.05) is 6.07 Å². The molecule has 0 saturated heterocycles. The van der Waals surface area contributed by atoms with Gasteiger partial charge in [-0.05, 0) is 24.1 Å². The van der Waals surface area contributed by atoms with Crippen LogP contribution in [0, 0.1) is 0 Å². The third-order valence-electron chi connectivity index (χ3n) is 4.13. The molecule has 0 spiro atoms. The number of aryl methyl sites for hydroxylation is 1. The maximum absolute atomic E-state index is 11.8. The lowest BCUT2D eigenvalue weighted by molar-refractivity contribution is -0.142. The summed E-state index contributed by atoms with van der Waals surface area (Å²) in [6.07, 6.45) is 1.26. The van der Waals surface area contributed by atoms with E-state index < -0.39 is 12.0 Å². The number of aromatic nitrogens is 3. The predicted molar refractivity (Wildman–Crippen MR) is 81.7 cm³/mol. The molecule has 2 unspecified atom stereocenters. The number of carboxylic acids is 1. The molecule has 0 aliphatic carbocycles. The molecule has 8 heteroatoms. The Morgan fingerprint density at radius 3 is 2.74 bits per heavy atom. The third-order valence-corrected chi connectivity index (χ3v) is 4.13. The molecule has 122 valence electrons. The Bertz CT molecular complexity index is 743. The van der Waals surface area contributed by atoms with Crippen LogP contribution < -0.4 is 15.2 Å². The van der Waals surface area contributed by atoms with Crippen molar-refractivity contribution in [2.45, 2.75) is 24.8 Å². The predicted octanol–water partition coefficient (Wildman–Crippen LogP) is 1.23. The zero-order valence-corrected chi connectivity index (χ0v) is 12.9. The van der Waals surface area contributed by atoms with Crippen LogP contribution in [0.3, 0.4) is 0 Å². The summed E-state index contributed by atoms with van der Waals surface area (Å²) in [6.45, 7) is 0. The first-order chi connectivity index (χ1) is 11.0. The van der Waals surface area contributed by atoms with Crippen molar-refractivity contribution in [2.75, 3.05) is 20.0 Å². The number of nitrogens with zero attached hydrogens (tertiary/aromatic N) is 3. The molecule has 0 fully saturated rings. The van der Waals surface area contributed by atoms with Gasteiger partial charge in [0.05, 0.1) is 14.2 Å². The highest BCUT2D eigenvalue weighted by atomic mass is 16.5. The second-order valence-corrected chi connectivity index (χ2v) is 5.37.